The summed E-state index contributed by atoms with van der Waals surface area (Å²) in [5.74, 6) is -1.93. The summed E-state index contributed by atoms with van der Waals surface area (Å²) in [5, 5.41) is 9.10. The first-order valence-corrected chi connectivity index (χ1v) is 12.3. The third-order valence-corrected chi connectivity index (χ3v) is 7.36. The second kappa shape index (κ2) is 9.59. The van der Waals surface area contributed by atoms with E-state index in [1.54, 1.807) is 17.0 Å². The Hall–Kier alpha value is -3.78. The van der Waals surface area contributed by atoms with Gasteiger partial charge in [0.2, 0.25) is 0 Å². The summed E-state index contributed by atoms with van der Waals surface area (Å²) < 4.78 is 34.0. The topological polar surface area (TPSA) is 70.1 Å². The number of carboxylic acids is 1. The Morgan fingerprint density at radius 3 is 2.27 bits per heavy atom. The number of aromatic carboxylic acids is 1. The molecule has 5 rings (SSSR count). The van der Waals surface area contributed by atoms with Gasteiger partial charge in [0.25, 0.3) is 0 Å². The molecule has 2 saturated heterocycles. The number of nitrogens with zero attached hydrogens (tertiary/aromatic N) is 2. The lowest BCUT2D eigenvalue weighted by Crippen LogP contribution is -2.46. The molecule has 0 atom stereocenters. The van der Waals surface area contributed by atoms with Crippen molar-refractivity contribution in [3.63, 3.8) is 0 Å². The largest absolute Gasteiger partial charge is 0.478 e. The van der Waals surface area contributed by atoms with Gasteiger partial charge in [-0.1, -0.05) is 12.1 Å². The molecule has 37 heavy (non-hydrogen) atoms. The lowest BCUT2D eigenvalue weighted by atomic mass is 9.90. The monoisotopic (exact) mass is 506 g/mol. The SMILES string of the molecule is Cc1cc(CN2CCC3(CC2)CN(c2ccc(C(=O)O)cc2)C(=O)O3)cc(C)c1-c1cc(F)ccc1F. The molecule has 0 saturated carbocycles. The van der Waals surface area contributed by atoms with E-state index in [0.29, 0.717) is 37.2 Å². The zero-order valence-electron chi connectivity index (χ0n) is 20.8. The molecular formula is C29H28F2N2O4. The van der Waals surface area contributed by atoms with Crippen LogP contribution < -0.4 is 4.90 Å². The van der Waals surface area contributed by atoms with Crippen LogP contribution in [0.25, 0.3) is 11.1 Å². The van der Waals surface area contributed by atoms with Crippen molar-refractivity contribution in [1.82, 2.24) is 4.90 Å². The predicted molar refractivity (Wildman–Crippen MR) is 136 cm³/mol. The second-order valence-corrected chi connectivity index (χ2v) is 9.99. The van der Waals surface area contributed by atoms with Gasteiger partial charge in [0.1, 0.15) is 17.2 Å². The smallest absolute Gasteiger partial charge is 0.415 e. The molecule has 0 aromatic heterocycles. The van der Waals surface area contributed by atoms with Crippen LogP contribution in [0.15, 0.2) is 54.6 Å². The number of halogens is 2. The Balaban J connectivity index is 1.25. The maximum atomic E-state index is 14.4. The maximum Gasteiger partial charge on any atom is 0.415 e. The quantitative estimate of drug-likeness (QED) is 0.464. The van der Waals surface area contributed by atoms with Crippen molar-refractivity contribution in [2.75, 3.05) is 24.5 Å². The summed E-state index contributed by atoms with van der Waals surface area (Å²) >= 11 is 0. The standard InChI is InChI=1S/C29H28F2N2O4/c1-18-13-20(14-19(2)26(18)24-15-22(30)5-8-25(24)31)16-32-11-9-29(10-12-32)17-33(28(36)37-29)23-6-3-21(4-7-23)27(34)35/h3-8,13-15H,9-12,16-17H2,1-2H3,(H,34,35). The van der Waals surface area contributed by atoms with E-state index in [0.717, 1.165) is 41.9 Å². The van der Waals surface area contributed by atoms with Crippen molar-refractivity contribution in [3.8, 4) is 11.1 Å². The van der Waals surface area contributed by atoms with E-state index in [1.807, 2.05) is 26.0 Å². The van der Waals surface area contributed by atoms with Gasteiger partial charge in [-0.25, -0.2) is 18.4 Å². The number of carbonyl (C=O) groups is 2. The number of benzene rings is 3. The highest BCUT2D eigenvalue weighted by Gasteiger charge is 2.47. The minimum atomic E-state index is -1.01. The molecule has 6 nitrogen and oxygen atoms in total. The minimum Gasteiger partial charge on any atom is -0.478 e. The number of anilines is 1. The van der Waals surface area contributed by atoms with Crippen LogP contribution in [0.2, 0.25) is 0 Å². The summed E-state index contributed by atoms with van der Waals surface area (Å²) in [6, 6.07) is 13.8. The van der Waals surface area contributed by atoms with Crippen molar-refractivity contribution in [2.45, 2.75) is 38.8 Å². The molecule has 1 N–H and O–H groups in total. The summed E-state index contributed by atoms with van der Waals surface area (Å²) in [6.07, 6.45) is 0.961. The molecule has 8 heteroatoms. The maximum absolute atomic E-state index is 14.4. The molecule has 2 aliphatic heterocycles. The molecule has 192 valence electrons. The lowest BCUT2D eigenvalue weighted by Gasteiger charge is -2.37. The molecule has 2 aliphatic rings. The Morgan fingerprint density at radius 1 is 1.00 bits per heavy atom. The Kier molecular flexibility index (Phi) is 6.45. The highest BCUT2D eigenvalue weighted by molar-refractivity contribution is 5.92. The van der Waals surface area contributed by atoms with E-state index in [9.17, 15) is 18.4 Å². The number of carbonyl (C=O) groups excluding carboxylic acids is 1. The van der Waals surface area contributed by atoms with Gasteiger partial charge in [-0.2, -0.15) is 0 Å². The third kappa shape index (κ3) is 4.93. The van der Waals surface area contributed by atoms with Gasteiger partial charge in [0.05, 0.1) is 12.1 Å². The number of aryl methyl sites for hydroxylation is 2. The first-order valence-electron chi connectivity index (χ1n) is 12.3. The van der Waals surface area contributed by atoms with Crippen molar-refractivity contribution in [3.05, 3.63) is 88.5 Å². The fourth-order valence-corrected chi connectivity index (χ4v) is 5.50. The molecule has 0 bridgehead atoms. The molecule has 1 spiro atoms. The number of ether oxygens (including phenoxy) is 1. The molecule has 2 heterocycles. The summed E-state index contributed by atoms with van der Waals surface area (Å²) in [6.45, 7) is 6.46. The van der Waals surface area contributed by atoms with Crippen LogP contribution in [0.5, 0.6) is 0 Å². The number of hydrogen-bond acceptors (Lipinski definition) is 4. The Morgan fingerprint density at radius 2 is 1.65 bits per heavy atom. The summed E-state index contributed by atoms with van der Waals surface area (Å²) in [7, 11) is 0. The van der Waals surface area contributed by atoms with Gasteiger partial charge >= 0.3 is 12.1 Å². The summed E-state index contributed by atoms with van der Waals surface area (Å²) in [4.78, 5) is 27.6. The highest BCUT2D eigenvalue weighted by Crippen LogP contribution is 2.37. The normalized spacial score (nSPS) is 17.3. The van der Waals surface area contributed by atoms with E-state index in [2.05, 4.69) is 4.90 Å². The number of hydrogen-bond donors (Lipinski definition) is 1. The van der Waals surface area contributed by atoms with Crippen molar-refractivity contribution < 1.29 is 28.2 Å². The number of piperidine rings is 1. The molecule has 0 radical (unpaired) electrons. The molecule has 0 aliphatic carbocycles. The molecule has 3 aromatic rings. The molecule has 0 unspecified atom stereocenters. The number of carboxylic acid groups (broad SMARTS) is 1. The van der Waals surface area contributed by atoms with Crippen molar-refractivity contribution >= 4 is 17.7 Å². The molecular weight excluding hydrogens is 478 g/mol. The first-order chi connectivity index (χ1) is 17.6. The van der Waals surface area contributed by atoms with Crippen LogP contribution in [-0.4, -0.2) is 47.3 Å². The summed E-state index contributed by atoms with van der Waals surface area (Å²) in [5.41, 5.74) is 4.08. The zero-order valence-corrected chi connectivity index (χ0v) is 20.8. The molecule has 3 aromatic carbocycles. The van der Waals surface area contributed by atoms with Gasteiger partial charge in [-0.05, 0) is 78.6 Å². The average molecular weight is 507 g/mol. The van der Waals surface area contributed by atoms with E-state index < -0.39 is 29.3 Å². The fraction of sp³-hybridized carbons (Fsp3) is 0.310. The Labute approximate surface area is 214 Å². The van der Waals surface area contributed by atoms with Crippen molar-refractivity contribution in [2.24, 2.45) is 0 Å². The van der Waals surface area contributed by atoms with Gasteiger partial charge in [-0.3, -0.25) is 9.80 Å². The second-order valence-electron chi connectivity index (χ2n) is 9.99. The van der Waals surface area contributed by atoms with E-state index in [4.69, 9.17) is 9.84 Å². The van der Waals surface area contributed by atoms with E-state index in [-0.39, 0.29) is 11.1 Å². The third-order valence-electron chi connectivity index (χ3n) is 7.36. The van der Waals surface area contributed by atoms with Gasteiger partial charge in [-0.15, -0.1) is 0 Å². The predicted octanol–water partition coefficient (Wildman–Crippen LogP) is 5.94. The average Bonchev–Trinajstić information content (AvgIpc) is 3.18. The number of rotatable bonds is 5. The Bertz CT molecular complexity index is 1340. The minimum absolute atomic E-state index is 0.166. The van der Waals surface area contributed by atoms with Crippen LogP contribution in [-0.2, 0) is 11.3 Å². The number of likely N-dealkylation sites (tertiary alicyclic amines) is 1. The fourth-order valence-electron chi connectivity index (χ4n) is 5.50. The van der Waals surface area contributed by atoms with E-state index >= 15 is 0 Å². The molecule has 1 amide bonds. The first kappa shape index (κ1) is 24.9. The zero-order chi connectivity index (χ0) is 26.3. The van der Waals surface area contributed by atoms with Crippen molar-refractivity contribution in [1.29, 1.82) is 0 Å². The lowest BCUT2D eigenvalue weighted by molar-refractivity contribution is -0.000987. The van der Waals surface area contributed by atoms with Crippen LogP contribution in [0.3, 0.4) is 0 Å². The van der Waals surface area contributed by atoms with Gasteiger partial charge in [0.15, 0.2) is 0 Å². The van der Waals surface area contributed by atoms with Crippen LogP contribution >= 0.6 is 0 Å². The van der Waals surface area contributed by atoms with Crippen LogP contribution in [0, 0.1) is 25.5 Å². The van der Waals surface area contributed by atoms with Crippen LogP contribution in [0.1, 0.15) is 39.9 Å². The highest BCUT2D eigenvalue weighted by atomic mass is 19.1. The number of amides is 1. The van der Waals surface area contributed by atoms with Gasteiger partial charge in [0, 0.05) is 43.7 Å². The van der Waals surface area contributed by atoms with Gasteiger partial charge < -0.3 is 9.84 Å². The molecule has 2 fully saturated rings. The van der Waals surface area contributed by atoms with E-state index in [1.165, 1.54) is 18.2 Å². The van der Waals surface area contributed by atoms with Crippen LogP contribution in [0.4, 0.5) is 19.3 Å².